The predicted molar refractivity (Wildman–Crippen MR) is 81.0 cm³/mol. The number of rotatable bonds is 4. The summed E-state index contributed by atoms with van der Waals surface area (Å²) < 4.78 is 0. The van der Waals surface area contributed by atoms with Gasteiger partial charge in [-0.05, 0) is 36.1 Å². The minimum atomic E-state index is -0.148. The highest BCUT2D eigenvalue weighted by Crippen LogP contribution is 2.36. The molecule has 1 N–H and O–H groups in total. The molecular formula is C16H17ClN2O. The van der Waals surface area contributed by atoms with Crippen molar-refractivity contribution in [3.63, 3.8) is 0 Å². The lowest BCUT2D eigenvalue weighted by Gasteiger charge is -2.11. The molecule has 4 heteroatoms. The fourth-order valence-corrected chi connectivity index (χ4v) is 2.71. The van der Waals surface area contributed by atoms with E-state index in [2.05, 4.69) is 17.2 Å². The van der Waals surface area contributed by atoms with Crippen molar-refractivity contribution in [3.8, 4) is 0 Å². The molecule has 0 saturated heterocycles. The summed E-state index contributed by atoms with van der Waals surface area (Å²) in [6.07, 6.45) is 2.58. The number of carbonyl (C=O) groups excluding carboxylic acids is 1. The fourth-order valence-electron chi connectivity index (χ4n) is 2.45. The van der Waals surface area contributed by atoms with Gasteiger partial charge in [0, 0.05) is 11.9 Å². The lowest BCUT2D eigenvalue weighted by atomic mass is 10.1. The topological polar surface area (TPSA) is 42.0 Å². The van der Waals surface area contributed by atoms with E-state index in [0.29, 0.717) is 23.3 Å². The number of fused-ring (bicyclic) bond motifs is 1. The van der Waals surface area contributed by atoms with Crippen LogP contribution in [-0.2, 0) is 0 Å². The zero-order valence-electron chi connectivity index (χ0n) is 11.4. The summed E-state index contributed by atoms with van der Waals surface area (Å²) in [5.74, 6) is 1.17. The van der Waals surface area contributed by atoms with Gasteiger partial charge in [-0.3, -0.25) is 4.79 Å². The third-order valence-electron chi connectivity index (χ3n) is 3.94. The van der Waals surface area contributed by atoms with Crippen molar-refractivity contribution < 1.29 is 4.79 Å². The van der Waals surface area contributed by atoms with Crippen LogP contribution in [0.1, 0.15) is 30.3 Å². The molecule has 0 aliphatic heterocycles. The van der Waals surface area contributed by atoms with E-state index >= 15 is 0 Å². The minimum Gasteiger partial charge on any atom is -0.350 e. The quantitative estimate of drug-likeness (QED) is 0.872. The SMILES string of the molecule is CC(CNC(=O)c1cc2ccccc2c(Cl)n1)C1CC1. The highest BCUT2D eigenvalue weighted by Gasteiger charge is 2.28. The second-order valence-electron chi connectivity index (χ2n) is 5.54. The molecule has 2 aromatic rings. The van der Waals surface area contributed by atoms with Crippen molar-refractivity contribution in [2.24, 2.45) is 11.8 Å². The van der Waals surface area contributed by atoms with Crippen LogP contribution in [-0.4, -0.2) is 17.4 Å². The molecule has 1 aromatic carbocycles. The Balaban J connectivity index is 1.77. The highest BCUT2D eigenvalue weighted by atomic mass is 35.5. The average molecular weight is 289 g/mol. The van der Waals surface area contributed by atoms with E-state index in [1.54, 1.807) is 6.07 Å². The lowest BCUT2D eigenvalue weighted by Crippen LogP contribution is -2.29. The molecule has 1 amide bonds. The summed E-state index contributed by atoms with van der Waals surface area (Å²) in [6, 6.07) is 9.47. The Hall–Kier alpha value is -1.61. The van der Waals surface area contributed by atoms with E-state index in [0.717, 1.165) is 16.7 Å². The first-order chi connectivity index (χ1) is 9.65. The molecule has 1 unspecified atom stereocenters. The first kappa shape index (κ1) is 13.4. The number of nitrogens with zero attached hydrogens (tertiary/aromatic N) is 1. The predicted octanol–water partition coefficient (Wildman–Crippen LogP) is 3.66. The van der Waals surface area contributed by atoms with Crippen molar-refractivity contribution in [2.45, 2.75) is 19.8 Å². The molecule has 3 nitrogen and oxygen atoms in total. The number of halogens is 1. The fraction of sp³-hybridized carbons (Fsp3) is 0.375. The number of amides is 1. The Bertz CT molecular complexity index is 652. The molecule has 3 rings (SSSR count). The van der Waals surface area contributed by atoms with Crippen LogP contribution in [0.15, 0.2) is 30.3 Å². The second kappa shape index (κ2) is 5.41. The molecule has 104 valence electrons. The van der Waals surface area contributed by atoms with Crippen LogP contribution in [0, 0.1) is 11.8 Å². The summed E-state index contributed by atoms with van der Waals surface area (Å²) in [6.45, 7) is 2.88. The van der Waals surface area contributed by atoms with Gasteiger partial charge in [0.2, 0.25) is 0 Å². The molecule has 1 saturated carbocycles. The van der Waals surface area contributed by atoms with Gasteiger partial charge in [-0.15, -0.1) is 0 Å². The van der Waals surface area contributed by atoms with E-state index in [1.807, 2.05) is 24.3 Å². The van der Waals surface area contributed by atoms with Crippen molar-refractivity contribution in [3.05, 3.63) is 41.2 Å². The van der Waals surface area contributed by atoms with Gasteiger partial charge in [-0.25, -0.2) is 4.98 Å². The van der Waals surface area contributed by atoms with Gasteiger partial charge in [-0.1, -0.05) is 42.8 Å². The normalized spacial score (nSPS) is 16.1. The summed E-state index contributed by atoms with van der Waals surface area (Å²) in [7, 11) is 0. The third kappa shape index (κ3) is 2.78. The van der Waals surface area contributed by atoms with Gasteiger partial charge >= 0.3 is 0 Å². The van der Waals surface area contributed by atoms with Crippen molar-refractivity contribution >= 4 is 28.3 Å². The maximum absolute atomic E-state index is 12.2. The Labute approximate surface area is 123 Å². The molecular weight excluding hydrogens is 272 g/mol. The maximum atomic E-state index is 12.2. The largest absolute Gasteiger partial charge is 0.350 e. The number of aromatic nitrogens is 1. The Kier molecular flexibility index (Phi) is 3.62. The minimum absolute atomic E-state index is 0.148. The van der Waals surface area contributed by atoms with Gasteiger partial charge in [0.15, 0.2) is 0 Å². The van der Waals surface area contributed by atoms with Gasteiger partial charge in [0.05, 0.1) is 0 Å². The number of nitrogens with one attached hydrogen (secondary N) is 1. The van der Waals surface area contributed by atoms with Crippen molar-refractivity contribution in [1.82, 2.24) is 10.3 Å². The zero-order chi connectivity index (χ0) is 14.1. The maximum Gasteiger partial charge on any atom is 0.269 e. The molecule has 1 aromatic heterocycles. The van der Waals surface area contributed by atoms with Gasteiger partial charge in [-0.2, -0.15) is 0 Å². The number of hydrogen-bond acceptors (Lipinski definition) is 2. The van der Waals surface area contributed by atoms with E-state index < -0.39 is 0 Å². The number of pyridine rings is 1. The summed E-state index contributed by atoms with van der Waals surface area (Å²) in [5, 5.41) is 5.14. The zero-order valence-corrected chi connectivity index (χ0v) is 12.2. The molecule has 0 radical (unpaired) electrons. The lowest BCUT2D eigenvalue weighted by molar-refractivity contribution is 0.0942. The van der Waals surface area contributed by atoms with E-state index in [1.165, 1.54) is 12.8 Å². The molecule has 1 heterocycles. The summed E-state index contributed by atoms with van der Waals surface area (Å²) >= 11 is 6.14. The average Bonchev–Trinajstić information content (AvgIpc) is 3.29. The van der Waals surface area contributed by atoms with Crippen LogP contribution < -0.4 is 5.32 Å². The van der Waals surface area contributed by atoms with Crippen molar-refractivity contribution in [1.29, 1.82) is 0 Å². The first-order valence-corrected chi connectivity index (χ1v) is 7.36. The molecule has 1 atom stereocenters. The smallest absolute Gasteiger partial charge is 0.269 e. The number of carbonyl (C=O) groups is 1. The van der Waals surface area contributed by atoms with Crippen LogP contribution in [0.3, 0.4) is 0 Å². The van der Waals surface area contributed by atoms with Crippen LogP contribution in [0.4, 0.5) is 0 Å². The van der Waals surface area contributed by atoms with Crippen molar-refractivity contribution in [2.75, 3.05) is 6.54 Å². The summed E-state index contributed by atoms with van der Waals surface area (Å²) in [5.41, 5.74) is 0.386. The second-order valence-corrected chi connectivity index (χ2v) is 5.90. The van der Waals surface area contributed by atoms with Crippen LogP contribution >= 0.6 is 11.6 Å². The van der Waals surface area contributed by atoms with Gasteiger partial charge in [0.25, 0.3) is 5.91 Å². The standard InChI is InChI=1S/C16H17ClN2O/c1-10(11-6-7-11)9-18-16(20)14-8-12-4-2-3-5-13(12)15(17)19-14/h2-5,8,10-11H,6-7,9H2,1H3,(H,18,20). The molecule has 1 aliphatic rings. The third-order valence-corrected chi connectivity index (χ3v) is 4.23. The Morgan fingerprint density at radius 1 is 1.45 bits per heavy atom. The van der Waals surface area contributed by atoms with E-state index in [4.69, 9.17) is 11.6 Å². The molecule has 1 aliphatic carbocycles. The molecule has 0 bridgehead atoms. The van der Waals surface area contributed by atoms with Crippen LogP contribution in [0.2, 0.25) is 5.15 Å². The molecule has 1 fully saturated rings. The number of benzene rings is 1. The van der Waals surface area contributed by atoms with Gasteiger partial charge < -0.3 is 5.32 Å². The van der Waals surface area contributed by atoms with E-state index in [9.17, 15) is 4.79 Å². The molecule has 0 spiro atoms. The Morgan fingerprint density at radius 2 is 2.20 bits per heavy atom. The van der Waals surface area contributed by atoms with Gasteiger partial charge in [0.1, 0.15) is 10.8 Å². The monoisotopic (exact) mass is 288 g/mol. The van der Waals surface area contributed by atoms with E-state index in [-0.39, 0.29) is 5.91 Å². The highest BCUT2D eigenvalue weighted by molar-refractivity contribution is 6.34. The van der Waals surface area contributed by atoms with Crippen LogP contribution in [0.25, 0.3) is 10.8 Å². The number of hydrogen-bond donors (Lipinski definition) is 1. The first-order valence-electron chi connectivity index (χ1n) is 6.98. The molecule has 20 heavy (non-hydrogen) atoms. The van der Waals surface area contributed by atoms with Crippen LogP contribution in [0.5, 0.6) is 0 Å². The summed E-state index contributed by atoms with van der Waals surface area (Å²) in [4.78, 5) is 16.3. The Morgan fingerprint density at radius 3 is 2.95 bits per heavy atom.